The molecule has 1 N–H and O–H groups in total. The van der Waals surface area contributed by atoms with Gasteiger partial charge in [-0.25, -0.2) is 0 Å². The first kappa shape index (κ1) is 45.1. The zero-order chi connectivity index (χ0) is 39.3. The molecule has 0 aliphatic carbocycles. The second-order valence-electron chi connectivity index (χ2n) is 15.7. The van der Waals surface area contributed by atoms with E-state index in [1.54, 1.807) is 11.3 Å². The van der Waals surface area contributed by atoms with Crippen LogP contribution in [-0.2, 0) is 36.7 Å². The van der Waals surface area contributed by atoms with Crippen molar-refractivity contribution in [1.29, 1.82) is 0 Å². The number of aliphatic hydroxyl groups excluding tert-OH is 1. The van der Waals surface area contributed by atoms with E-state index in [9.17, 15) is 23.1 Å². The van der Waals surface area contributed by atoms with E-state index in [0.29, 0.717) is 5.56 Å². The van der Waals surface area contributed by atoms with Crippen molar-refractivity contribution >= 4 is 38.1 Å². The fourth-order valence-electron chi connectivity index (χ4n) is 6.70. The fraction of sp³-hybridized carbons (Fsp3) is 0.435. The van der Waals surface area contributed by atoms with Crippen LogP contribution in [0.1, 0.15) is 105 Å². The topological polar surface area (TPSA) is 41.2 Å². The number of thiophene rings is 1. The zero-order valence-corrected chi connectivity index (χ0v) is 36.5. The van der Waals surface area contributed by atoms with Crippen molar-refractivity contribution in [2.75, 3.05) is 0 Å². The predicted molar refractivity (Wildman–Crippen MR) is 215 cm³/mol. The van der Waals surface area contributed by atoms with Gasteiger partial charge in [-0.15, -0.1) is 58.0 Å². The summed E-state index contributed by atoms with van der Waals surface area (Å²) in [5, 5.41) is 13.2. The quantitative estimate of drug-likeness (QED) is 0.0620. The van der Waals surface area contributed by atoms with Gasteiger partial charge in [-0.05, 0) is 66.5 Å². The Kier molecular flexibility index (Phi) is 15.5. The van der Waals surface area contributed by atoms with E-state index in [0.717, 1.165) is 63.0 Å². The molecule has 5 rings (SSSR count). The molecule has 5 aromatic rings. The second-order valence-corrected chi connectivity index (χ2v) is 16.7. The van der Waals surface area contributed by atoms with Gasteiger partial charge in [0, 0.05) is 48.6 Å². The predicted octanol–water partition coefficient (Wildman–Crippen LogP) is 13.2. The Bertz CT molecular complexity index is 2050. The Morgan fingerprint density at radius 3 is 2.02 bits per heavy atom. The molecule has 0 atom stereocenters. The molecule has 293 valence electrons. The maximum absolute atomic E-state index is 13.4. The molecule has 0 unspecified atom stereocenters. The monoisotopic (exact) mass is 935 g/mol. The second kappa shape index (κ2) is 18.5. The summed E-state index contributed by atoms with van der Waals surface area (Å²) in [4.78, 5) is 13.9. The summed E-state index contributed by atoms with van der Waals surface area (Å²) in [6, 6.07) is 25.7. The van der Waals surface area contributed by atoms with E-state index in [4.69, 9.17) is 0 Å². The summed E-state index contributed by atoms with van der Waals surface area (Å²) >= 11 is 1.67. The number of hydrogen-bond acceptors (Lipinski definition) is 3. The number of carbonyl (C=O) groups is 1. The first-order chi connectivity index (χ1) is 24.9. The first-order valence-corrected chi connectivity index (χ1v) is 19.6. The molecule has 0 spiro atoms. The molecule has 0 aliphatic rings. The number of halogens is 3. The number of allylic oxidation sites excluding steroid dienone is 2. The number of aliphatic hydroxyl groups is 1. The summed E-state index contributed by atoms with van der Waals surface area (Å²) in [5.74, 6) is 0.547. The standard InChI is InChI=1S/C33H31F3NS.C13H24O2.Ir/c1-21-26-12-9-17-37(25-18-24-10-7-8-11-27(24)28(19-25)31(2,3)4)30(26)38-29(21)23-15-13-22(14-16-23)20-32(5,6)33(34,35)36;1-5-10(6-2)12(14)9-13(15)11(7-3)8-4;/h7-16,19H,20H2,1-6H3;9-11,14H,5-8H2,1-4H3;/q-1;;/b;12-9-;. The van der Waals surface area contributed by atoms with Crippen molar-refractivity contribution in [3.05, 3.63) is 108 Å². The molecule has 0 saturated carbocycles. The Labute approximate surface area is 338 Å². The molecule has 0 amide bonds. The number of alkyl halides is 3. The average molecular weight is 935 g/mol. The van der Waals surface area contributed by atoms with Crippen LogP contribution >= 0.6 is 11.3 Å². The average Bonchev–Trinajstić information content (AvgIpc) is 3.44. The number of ketones is 1. The normalized spacial score (nSPS) is 12.6. The van der Waals surface area contributed by atoms with Crippen LogP contribution in [0.15, 0.2) is 78.6 Å². The summed E-state index contributed by atoms with van der Waals surface area (Å²) in [6.07, 6.45) is 4.01. The van der Waals surface area contributed by atoms with Crippen LogP contribution < -0.4 is 4.57 Å². The zero-order valence-electron chi connectivity index (χ0n) is 33.3. The first-order valence-electron chi connectivity index (χ1n) is 18.8. The minimum atomic E-state index is -4.25. The van der Waals surface area contributed by atoms with Crippen LogP contribution in [0.2, 0.25) is 0 Å². The largest absolute Gasteiger partial charge is 0.512 e. The summed E-state index contributed by atoms with van der Waals surface area (Å²) < 4.78 is 42.2. The van der Waals surface area contributed by atoms with Gasteiger partial charge in [0.2, 0.25) is 0 Å². The molecule has 3 nitrogen and oxygen atoms in total. The van der Waals surface area contributed by atoms with Gasteiger partial charge in [0.1, 0.15) is 0 Å². The van der Waals surface area contributed by atoms with Gasteiger partial charge in [0.05, 0.1) is 11.2 Å². The van der Waals surface area contributed by atoms with E-state index < -0.39 is 11.6 Å². The van der Waals surface area contributed by atoms with Crippen molar-refractivity contribution in [1.82, 2.24) is 0 Å². The summed E-state index contributed by atoms with van der Waals surface area (Å²) in [5.41, 5.74) is 3.21. The number of nitrogens with zero attached hydrogens (tertiary/aromatic N) is 1. The molecule has 0 bridgehead atoms. The van der Waals surface area contributed by atoms with Crippen LogP contribution in [0.5, 0.6) is 0 Å². The number of aryl methyl sites for hydroxylation is 1. The Morgan fingerprint density at radius 1 is 0.870 bits per heavy atom. The molecule has 0 saturated heterocycles. The van der Waals surface area contributed by atoms with Crippen LogP contribution in [-0.4, -0.2) is 17.1 Å². The van der Waals surface area contributed by atoms with Gasteiger partial charge < -0.3 is 5.11 Å². The summed E-state index contributed by atoms with van der Waals surface area (Å²) in [6.45, 7) is 19.3. The van der Waals surface area contributed by atoms with Crippen molar-refractivity contribution in [3.63, 3.8) is 0 Å². The Morgan fingerprint density at radius 2 is 1.46 bits per heavy atom. The Balaban J connectivity index is 0.000000418. The number of benzene rings is 3. The van der Waals surface area contributed by atoms with E-state index in [1.165, 1.54) is 30.9 Å². The SMILES string of the molecule is CCC(CC)C(=O)/C=C(\O)C(CC)CC.Cc1c(-c2ccc(CC(C)(C)C(F)(F)F)cc2)sc2c1cc[c-][n+]2-c1[c-]c2ccccc2c(C(C)(C)C)c1.[Ir]. The van der Waals surface area contributed by atoms with Gasteiger partial charge in [0.25, 0.3) is 0 Å². The molecular formula is C46H55F3IrNO2S-. The number of hydrogen-bond donors (Lipinski definition) is 1. The summed E-state index contributed by atoms with van der Waals surface area (Å²) in [7, 11) is 0. The number of aromatic nitrogens is 1. The van der Waals surface area contributed by atoms with Gasteiger partial charge in [-0.2, -0.15) is 13.2 Å². The smallest absolute Gasteiger partial charge is 0.394 e. The maximum atomic E-state index is 13.4. The van der Waals surface area contributed by atoms with Crippen molar-refractivity contribution in [2.45, 2.75) is 113 Å². The minimum Gasteiger partial charge on any atom is -0.512 e. The van der Waals surface area contributed by atoms with Crippen molar-refractivity contribution < 1.29 is 47.7 Å². The molecule has 1 radical (unpaired) electrons. The molecule has 3 aromatic carbocycles. The van der Waals surface area contributed by atoms with Crippen LogP contribution in [0.4, 0.5) is 13.2 Å². The maximum Gasteiger partial charge on any atom is 0.394 e. The molecule has 54 heavy (non-hydrogen) atoms. The molecule has 8 heteroatoms. The fourth-order valence-corrected chi connectivity index (χ4v) is 7.99. The third-order valence-electron chi connectivity index (χ3n) is 10.4. The number of rotatable bonds is 11. The molecule has 2 aromatic heterocycles. The number of fused-ring (bicyclic) bond motifs is 2. The van der Waals surface area contributed by atoms with Crippen molar-refractivity contribution in [2.24, 2.45) is 17.3 Å². The number of pyridine rings is 1. The Hall–Kier alpha value is -3.32. The minimum absolute atomic E-state index is 0. The van der Waals surface area contributed by atoms with Crippen molar-refractivity contribution in [3.8, 4) is 16.1 Å². The van der Waals surface area contributed by atoms with E-state index in [-0.39, 0.29) is 55.3 Å². The third-order valence-corrected chi connectivity index (χ3v) is 11.7. The van der Waals surface area contributed by atoms with E-state index >= 15 is 0 Å². The molecular weight excluding hydrogens is 880 g/mol. The van der Waals surface area contributed by atoms with Gasteiger partial charge in [0.15, 0.2) is 16.8 Å². The van der Waals surface area contributed by atoms with Gasteiger partial charge >= 0.3 is 6.18 Å². The third kappa shape index (κ3) is 10.3. The number of carbonyl (C=O) groups excluding carboxylic acids is 1. The van der Waals surface area contributed by atoms with Crippen LogP contribution in [0.3, 0.4) is 0 Å². The molecule has 0 aliphatic heterocycles. The van der Waals surface area contributed by atoms with Crippen LogP contribution in [0, 0.1) is 36.4 Å². The van der Waals surface area contributed by atoms with Gasteiger partial charge in [-0.1, -0.05) is 105 Å². The van der Waals surface area contributed by atoms with E-state index in [1.807, 2.05) is 64.1 Å². The molecule has 2 heterocycles. The van der Waals surface area contributed by atoms with E-state index in [2.05, 4.69) is 74.9 Å². The van der Waals surface area contributed by atoms with Gasteiger partial charge in [-0.3, -0.25) is 9.36 Å². The van der Waals surface area contributed by atoms with Crippen LogP contribution in [0.25, 0.3) is 37.1 Å². The molecule has 0 fully saturated rings.